The Balaban J connectivity index is 4.17. The fourth-order valence-corrected chi connectivity index (χ4v) is 5.79. The summed E-state index contributed by atoms with van der Waals surface area (Å²) in [6.07, 6.45) is 26.4. The molecule has 0 rings (SSSR count). The molecule has 0 aliphatic heterocycles. The first-order valence-corrected chi connectivity index (χ1v) is 19.5. The maximum Gasteiger partial charge on any atom is 0.472 e. The van der Waals surface area contributed by atoms with Crippen LogP contribution in [-0.2, 0) is 27.9 Å². The lowest BCUT2D eigenvalue weighted by molar-refractivity contribution is -0.154. The summed E-state index contributed by atoms with van der Waals surface area (Å²) >= 11 is 0. The van der Waals surface area contributed by atoms with E-state index in [-0.39, 0.29) is 25.6 Å². The third kappa shape index (κ3) is 31.4. The van der Waals surface area contributed by atoms with Crippen LogP contribution < -0.4 is 0 Å². The number of esters is 1. The Morgan fingerprint density at radius 3 is 1.48 bits per heavy atom. The highest BCUT2D eigenvalue weighted by atomic mass is 31.2. The van der Waals surface area contributed by atoms with Crippen LogP contribution in [0.1, 0.15) is 168 Å². The maximum absolute atomic E-state index is 12.5. The van der Waals surface area contributed by atoms with Crippen LogP contribution in [0.2, 0.25) is 0 Å². The van der Waals surface area contributed by atoms with E-state index in [4.69, 9.17) is 23.6 Å². The summed E-state index contributed by atoms with van der Waals surface area (Å²) < 4.78 is 33.1. The molecule has 0 aromatic rings. The Morgan fingerprint density at radius 2 is 1.02 bits per heavy atom. The lowest BCUT2D eigenvalue weighted by Gasteiger charge is -2.20. The van der Waals surface area contributed by atoms with Crippen LogP contribution in [0.15, 0.2) is 0 Å². The lowest BCUT2D eigenvalue weighted by atomic mass is 10.0. The van der Waals surface area contributed by atoms with Gasteiger partial charge in [-0.3, -0.25) is 13.8 Å². The summed E-state index contributed by atoms with van der Waals surface area (Å²) in [6.45, 7) is 3.51. The minimum Gasteiger partial charge on any atom is -0.457 e. The van der Waals surface area contributed by atoms with Gasteiger partial charge in [0.1, 0.15) is 12.2 Å². The van der Waals surface area contributed by atoms with E-state index < -0.39 is 33.2 Å². The molecule has 0 aromatic heterocycles. The molecule has 0 fully saturated rings. The predicted molar refractivity (Wildman–Crippen MR) is 178 cm³/mol. The van der Waals surface area contributed by atoms with Crippen molar-refractivity contribution in [1.29, 1.82) is 0 Å². The third-order valence-corrected chi connectivity index (χ3v) is 8.74. The van der Waals surface area contributed by atoms with Crippen molar-refractivity contribution in [2.75, 3.05) is 33.0 Å². The standard InChI is InChI=1S/C34H69O9P/c1-3-5-7-9-11-13-14-15-16-17-18-19-20-22-24-26-34(37)43-33(31-42-44(38,39)41-29-32(36)28-35)30-40-27-25-23-21-12-10-8-6-4-2/h32-33,35-36H,3-31H2,1-2H3,(H,38,39). The number of carbonyl (C=O) groups excluding carboxylic acids is 1. The van der Waals surface area contributed by atoms with Gasteiger partial charge in [-0.15, -0.1) is 0 Å². The van der Waals surface area contributed by atoms with Crippen LogP contribution >= 0.6 is 7.82 Å². The fourth-order valence-electron chi connectivity index (χ4n) is 5.00. The molecule has 0 aliphatic rings. The highest BCUT2D eigenvalue weighted by Gasteiger charge is 2.26. The Bertz CT molecular complexity index is 665. The molecule has 9 nitrogen and oxygen atoms in total. The van der Waals surface area contributed by atoms with Crippen LogP contribution in [0.25, 0.3) is 0 Å². The van der Waals surface area contributed by atoms with Crippen molar-refractivity contribution < 1.29 is 43.0 Å². The molecule has 0 heterocycles. The Labute approximate surface area is 269 Å². The summed E-state index contributed by atoms with van der Waals surface area (Å²) in [5, 5.41) is 18.2. The molecule has 0 saturated carbocycles. The molecular weight excluding hydrogens is 583 g/mol. The van der Waals surface area contributed by atoms with E-state index in [0.717, 1.165) is 32.1 Å². The van der Waals surface area contributed by atoms with Gasteiger partial charge in [-0.25, -0.2) is 4.57 Å². The van der Waals surface area contributed by atoms with Gasteiger partial charge in [-0.05, 0) is 12.8 Å². The third-order valence-electron chi connectivity index (χ3n) is 7.79. The number of unbranched alkanes of at least 4 members (excludes halogenated alkanes) is 21. The Kier molecular flexibility index (Phi) is 32.0. The van der Waals surface area contributed by atoms with Gasteiger partial charge in [-0.1, -0.05) is 149 Å². The molecule has 0 aliphatic carbocycles. The molecule has 0 saturated heterocycles. The van der Waals surface area contributed by atoms with Crippen LogP contribution in [0.5, 0.6) is 0 Å². The molecule has 44 heavy (non-hydrogen) atoms. The van der Waals surface area contributed by atoms with E-state index in [1.165, 1.54) is 116 Å². The van der Waals surface area contributed by atoms with E-state index in [1.54, 1.807) is 0 Å². The molecule has 0 radical (unpaired) electrons. The first-order chi connectivity index (χ1) is 21.3. The second-order valence-electron chi connectivity index (χ2n) is 12.3. The monoisotopic (exact) mass is 652 g/mol. The molecule has 0 spiro atoms. The largest absolute Gasteiger partial charge is 0.472 e. The minimum atomic E-state index is -4.49. The number of carbonyl (C=O) groups is 1. The SMILES string of the molecule is CCCCCCCCCCCCCCCCCC(=O)OC(COCCCCCCCCCC)COP(=O)(O)OCC(O)CO. The quantitative estimate of drug-likeness (QED) is 0.0349. The Hall–Kier alpha value is -0.540. The van der Waals surface area contributed by atoms with Gasteiger partial charge in [0.05, 0.1) is 26.4 Å². The van der Waals surface area contributed by atoms with Crippen LogP contribution in [0.4, 0.5) is 0 Å². The number of aliphatic hydroxyl groups is 2. The lowest BCUT2D eigenvalue weighted by Crippen LogP contribution is -2.29. The first-order valence-electron chi connectivity index (χ1n) is 18.0. The van der Waals surface area contributed by atoms with E-state index in [2.05, 4.69) is 13.8 Å². The molecule has 0 amide bonds. The van der Waals surface area contributed by atoms with Crippen molar-refractivity contribution in [2.24, 2.45) is 0 Å². The number of ether oxygens (including phenoxy) is 2. The highest BCUT2D eigenvalue weighted by molar-refractivity contribution is 7.47. The van der Waals surface area contributed by atoms with E-state index in [9.17, 15) is 19.4 Å². The number of rotatable bonds is 35. The molecule has 3 atom stereocenters. The second kappa shape index (κ2) is 32.4. The predicted octanol–water partition coefficient (Wildman–Crippen LogP) is 8.80. The number of phosphoric ester groups is 1. The first kappa shape index (κ1) is 43.5. The summed E-state index contributed by atoms with van der Waals surface area (Å²) in [5.74, 6) is -0.381. The van der Waals surface area contributed by atoms with Crippen LogP contribution in [0.3, 0.4) is 0 Å². The number of hydrogen-bond donors (Lipinski definition) is 3. The summed E-state index contributed by atoms with van der Waals surface area (Å²) in [5.41, 5.74) is 0. The van der Waals surface area contributed by atoms with Crippen molar-refractivity contribution in [2.45, 2.75) is 180 Å². The van der Waals surface area contributed by atoms with Crippen molar-refractivity contribution in [3.05, 3.63) is 0 Å². The number of hydrogen-bond acceptors (Lipinski definition) is 8. The van der Waals surface area contributed by atoms with E-state index in [0.29, 0.717) is 6.61 Å². The molecule has 10 heteroatoms. The Morgan fingerprint density at radius 1 is 0.614 bits per heavy atom. The zero-order chi connectivity index (χ0) is 32.6. The molecule has 264 valence electrons. The maximum atomic E-state index is 12.5. The highest BCUT2D eigenvalue weighted by Crippen LogP contribution is 2.43. The van der Waals surface area contributed by atoms with Crippen molar-refractivity contribution in [1.82, 2.24) is 0 Å². The van der Waals surface area contributed by atoms with Crippen LogP contribution in [-0.4, -0.2) is 66.3 Å². The zero-order valence-corrected chi connectivity index (χ0v) is 29.3. The zero-order valence-electron chi connectivity index (χ0n) is 28.4. The average Bonchev–Trinajstić information content (AvgIpc) is 3.01. The smallest absolute Gasteiger partial charge is 0.457 e. The molecular formula is C34H69O9P. The van der Waals surface area contributed by atoms with Crippen molar-refractivity contribution in [3.63, 3.8) is 0 Å². The topological polar surface area (TPSA) is 132 Å². The van der Waals surface area contributed by atoms with Crippen LogP contribution in [0, 0.1) is 0 Å². The molecule has 0 bridgehead atoms. The summed E-state index contributed by atoms with van der Waals surface area (Å²) in [7, 11) is -4.49. The summed E-state index contributed by atoms with van der Waals surface area (Å²) in [6, 6.07) is 0. The van der Waals surface area contributed by atoms with Gasteiger partial charge >= 0.3 is 13.8 Å². The van der Waals surface area contributed by atoms with Gasteiger partial charge in [0.2, 0.25) is 0 Å². The van der Waals surface area contributed by atoms with Crippen molar-refractivity contribution >= 4 is 13.8 Å². The summed E-state index contributed by atoms with van der Waals surface area (Å²) in [4.78, 5) is 22.4. The van der Waals surface area contributed by atoms with Gasteiger partial charge < -0.3 is 24.6 Å². The minimum absolute atomic E-state index is 0.0559. The number of phosphoric acid groups is 1. The van der Waals surface area contributed by atoms with Crippen molar-refractivity contribution in [3.8, 4) is 0 Å². The molecule has 3 unspecified atom stereocenters. The van der Waals surface area contributed by atoms with Gasteiger partial charge in [0.15, 0.2) is 0 Å². The van der Waals surface area contributed by atoms with E-state index in [1.807, 2.05) is 0 Å². The molecule has 0 aromatic carbocycles. The normalized spacial score (nSPS) is 14.4. The van der Waals surface area contributed by atoms with Gasteiger partial charge in [0, 0.05) is 13.0 Å². The second-order valence-corrected chi connectivity index (χ2v) is 13.7. The average molecular weight is 653 g/mol. The molecule has 3 N–H and O–H groups in total. The fraction of sp³-hybridized carbons (Fsp3) is 0.971. The van der Waals surface area contributed by atoms with E-state index >= 15 is 0 Å². The van der Waals surface area contributed by atoms with Gasteiger partial charge in [0.25, 0.3) is 0 Å². The number of aliphatic hydroxyl groups excluding tert-OH is 2. The van der Waals surface area contributed by atoms with Gasteiger partial charge in [-0.2, -0.15) is 0 Å².